The lowest BCUT2D eigenvalue weighted by molar-refractivity contribution is -0.667. The molecule has 9 heteroatoms. The summed E-state index contributed by atoms with van der Waals surface area (Å²) in [5.41, 5.74) is 0.799. The number of rotatable bonds is 6. The maximum absolute atomic E-state index is 12.5. The summed E-state index contributed by atoms with van der Waals surface area (Å²) in [5, 5.41) is 10.6. The molecule has 6 nitrogen and oxygen atoms in total. The molecule has 0 aromatic carbocycles. The predicted octanol–water partition coefficient (Wildman–Crippen LogP) is 2.04. The minimum Gasteiger partial charge on any atom is -0.475 e. The molecule has 1 atom stereocenters. The summed E-state index contributed by atoms with van der Waals surface area (Å²) in [4.78, 5) is 17.3. The lowest BCUT2D eigenvalue weighted by Crippen LogP contribution is -2.33. The number of ketones is 1. The molecule has 24 heavy (non-hydrogen) atoms. The number of aromatic nitrogens is 3. The van der Waals surface area contributed by atoms with Gasteiger partial charge in [-0.2, -0.15) is 8.97 Å². The van der Waals surface area contributed by atoms with Crippen molar-refractivity contribution in [2.24, 2.45) is 0 Å². The summed E-state index contributed by atoms with van der Waals surface area (Å²) in [6.45, 7) is 2.10. The Morgan fingerprint density at radius 3 is 2.96 bits per heavy atom. The van der Waals surface area contributed by atoms with Crippen molar-refractivity contribution in [2.75, 3.05) is 11.5 Å². The number of carbonyl (C=O) groups excluding carboxylic acids is 1. The van der Waals surface area contributed by atoms with Crippen LogP contribution in [0, 0.1) is 0 Å². The van der Waals surface area contributed by atoms with Gasteiger partial charge in [0, 0.05) is 28.8 Å². The highest BCUT2D eigenvalue weighted by atomic mass is 35.5. The third kappa shape index (κ3) is 3.22. The molecule has 0 bridgehead atoms. The molecule has 0 radical (unpaired) electrons. The Morgan fingerprint density at radius 1 is 1.50 bits per heavy atom. The highest BCUT2D eigenvalue weighted by Gasteiger charge is 2.31. The van der Waals surface area contributed by atoms with Crippen molar-refractivity contribution in [1.82, 2.24) is 9.38 Å². The zero-order valence-electron chi connectivity index (χ0n) is 12.8. The number of hydrogen-bond acceptors (Lipinski definition) is 5. The first-order valence-electron chi connectivity index (χ1n) is 7.21. The van der Waals surface area contributed by atoms with E-state index in [-0.39, 0.29) is 23.1 Å². The average molecular weight is 385 g/mol. The fourth-order valence-electron chi connectivity index (χ4n) is 2.43. The summed E-state index contributed by atoms with van der Waals surface area (Å²) in [7, 11) is -1.24. The van der Waals surface area contributed by atoms with E-state index in [0.29, 0.717) is 22.4 Å². The largest absolute Gasteiger partial charge is 0.475 e. The molecule has 126 valence electrons. The van der Waals surface area contributed by atoms with Crippen molar-refractivity contribution in [3.05, 3.63) is 45.6 Å². The maximum Gasteiger partial charge on any atom is 0.335 e. The fraction of sp³-hybridized carbons (Fsp3) is 0.267. The van der Waals surface area contributed by atoms with Gasteiger partial charge < -0.3 is 5.11 Å². The topological polar surface area (TPSA) is 75.6 Å². The minimum absolute atomic E-state index is 0.114. The Kier molecular flexibility index (Phi) is 4.98. The Labute approximate surface area is 149 Å². The third-order valence-corrected chi connectivity index (χ3v) is 5.87. The lowest BCUT2D eigenvalue weighted by atomic mass is 10.3. The summed E-state index contributed by atoms with van der Waals surface area (Å²) in [6, 6.07) is 5.40. The molecule has 0 fully saturated rings. The van der Waals surface area contributed by atoms with Gasteiger partial charge in [0.2, 0.25) is 5.78 Å². The van der Waals surface area contributed by atoms with Crippen LogP contribution in [0.25, 0.3) is 5.65 Å². The average Bonchev–Trinajstić information content (AvgIpc) is 3.09. The van der Waals surface area contributed by atoms with Crippen LogP contribution in [0.5, 0.6) is 5.88 Å². The van der Waals surface area contributed by atoms with E-state index < -0.39 is 10.8 Å². The van der Waals surface area contributed by atoms with E-state index in [2.05, 4.69) is 4.98 Å². The van der Waals surface area contributed by atoms with Crippen molar-refractivity contribution in [3.63, 3.8) is 0 Å². The number of carbonyl (C=O) groups is 1. The molecular weight excluding hydrogens is 370 g/mol. The first kappa shape index (κ1) is 17.1. The van der Waals surface area contributed by atoms with E-state index in [1.54, 1.807) is 40.4 Å². The first-order valence-corrected chi connectivity index (χ1v) is 9.89. The van der Waals surface area contributed by atoms with Gasteiger partial charge in [0.15, 0.2) is 4.47 Å². The van der Waals surface area contributed by atoms with Crippen molar-refractivity contribution in [1.29, 1.82) is 0 Å². The van der Waals surface area contributed by atoms with Crippen LogP contribution in [-0.4, -0.2) is 36.0 Å². The number of hydrogen-bond donors (Lipinski definition) is 1. The van der Waals surface area contributed by atoms with Gasteiger partial charge >= 0.3 is 5.88 Å². The highest BCUT2D eigenvalue weighted by Crippen LogP contribution is 2.22. The van der Waals surface area contributed by atoms with Crippen molar-refractivity contribution in [3.8, 4) is 5.88 Å². The fourth-order valence-corrected chi connectivity index (χ4v) is 4.03. The predicted molar refractivity (Wildman–Crippen MR) is 93.4 cm³/mol. The van der Waals surface area contributed by atoms with Crippen molar-refractivity contribution in [2.45, 2.75) is 13.5 Å². The third-order valence-electron chi connectivity index (χ3n) is 3.54. The molecular formula is C15H15ClN3O3S2+. The summed E-state index contributed by atoms with van der Waals surface area (Å²) >= 11 is 7.17. The molecule has 3 heterocycles. The van der Waals surface area contributed by atoms with Gasteiger partial charge in [0.05, 0.1) is 16.8 Å². The number of imidazole rings is 1. The second-order valence-electron chi connectivity index (χ2n) is 5.06. The standard InChI is InChI=1S/C15H14ClN3O3S2/c1-2-24(22)9-11(20)13-14(21)19(8-10-7-17-15(16)23-10)12-5-3-4-6-18(12)13/h3-7H,2,8-9H2,1H3/p+1. The smallest absolute Gasteiger partial charge is 0.335 e. The van der Waals surface area contributed by atoms with Crippen LogP contribution in [0.4, 0.5) is 0 Å². The second kappa shape index (κ2) is 7.00. The van der Waals surface area contributed by atoms with E-state index in [4.69, 9.17) is 11.6 Å². The van der Waals surface area contributed by atoms with E-state index in [1.807, 2.05) is 6.07 Å². The van der Waals surface area contributed by atoms with Crippen LogP contribution < -0.4 is 4.57 Å². The summed E-state index contributed by atoms with van der Waals surface area (Å²) in [5.74, 6) is -0.217. The molecule has 0 saturated heterocycles. The maximum atomic E-state index is 12.5. The number of halogens is 1. The molecule has 3 aromatic heterocycles. The Morgan fingerprint density at radius 2 is 2.29 bits per heavy atom. The number of nitrogens with zero attached hydrogens (tertiary/aromatic N) is 3. The van der Waals surface area contributed by atoms with E-state index in [9.17, 15) is 14.1 Å². The van der Waals surface area contributed by atoms with Gasteiger partial charge in [-0.3, -0.25) is 9.00 Å². The molecule has 0 aliphatic rings. The summed E-state index contributed by atoms with van der Waals surface area (Å²) in [6.07, 6.45) is 3.34. The normalized spacial score (nSPS) is 12.6. The lowest BCUT2D eigenvalue weighted by Gasteiger charge is -1.97. The Hall–Kier alpha value is -1.77. The van der Waals surface area contributed by atoms with Crippen LogP contribution in [-0.2, 0) is 17.3 Å². The van der Waals surface area contributed by atoms with Crippen LogP contribution in [0.2, 0.25) is 4.47 Å². The van der Waals surface area contributed by atoms with Crippen LogP contribution >= 0.6 is 22.9 Å². The molecule has 0 aliphatic carbocycles. The number of fused-ring (bicyclic) bond motifs is 1. The number of thiazole rings is 1. The van der Waals surface area contributed by atoms with Gasteiger partial charge in [0.1, 0.15) is 6.54 Å². The zero-order chi connectivity index (χ0) is 17.3. The van der Waals surface area contributed by atoms with Crippen molar-refractivity contribution >= 4 is 45.2 Å². The summed E-state index contributed by atoms with van der Waals surface area (Å²) < 4.78 is 15.4. The van der Waals surface area contributed by atoms with Gasteiger partial charge in [-0.1, -0.05) is 24.6 Å². The molecule has 3 rings (SSSR count). The monoisotopic (exact) mass is 384 g/mol. The molecule has 1 N–H and O–H groups in total. The van der Waals surface area contributed by atoms with E-state index >= 15 is 0 Å². The van der Waals surface area contributed by atoms with Crippen molar-refractivity contribution < 1.29 is 18.7 Å². The molecule has 3 aromatic rings. The first-order chi connectivity index (χ1) is 11.5. The van der Waals surface area contributed by atoms with Gasteiger partial charge in [-0.05, 0) is 6.07 Å². The molecule has 0 spiro atoms. The molecule has 0 saturated carbocycles. The van der Waals surface area contributed by atoms with E-state index in [1.165, 1.54) is 11.3 Å². The van der Waals surface area contributed by atoms with Gasteiger partial charge in [-0.15, -0.1) is 11.3 Å². The minimum atomic E-state index is -1.24. The quantitative estimate of drug-likeness (QED) is 0.521. The van der Waals surface area contributed by atoms with Gasteiger partial charge in [0.25, 0.3) is 11.3 Å². The second-order valence-corrected chi connectivity index (χ2v) is 8.51. The molecule has 0 aliphatic heterocycles. The zero-order valence-corrected chi connectivity index (χ0v) is 15.2. The van der Waals surface area contributed by atoms with Crippen LogP contribution in [0.1, 0.15) is 22.3 Å². The highest BCUT2D eigenvalue weighted by molar-refractivity contribution is 7.85. The van der Waals surface area contributed by atoms with Crippen LogP contribution in [0.3, 0.4) is 0 Å². The SMILES string of the molecule is CCS(=O)CC(=O)c1c(O)[n+](Cc2cnc(Cl)s2)c2ccccn12. The van der Waals surface area contributed by atoms with E-state index in [0.717, 1.165) is 4.88 Å². The Bertz CT molecular complexity index is 935. The Balaban J connectivity index is 2.08. The van der Waals surface area contributed by atoms with Gasteiger partial charge in [-0.25, -0.2) is 4.98 Å². The molecule has 1 unspecified atom stereocenters. The molecule has 0 amide bonds. The number of aromatic hydroxyl groups is 1. The number of Topliss-reactive ketones (excluding diaryl/α,β-unsaturated/α-hetero) is 1. The number of pyridine rings is 1. The van der Waals surface area contributed by atoms with Crippen LogP contribution in [0.15, 0.2) is 30.6 Å².